The van der Waals surface area contributed by atoms with Gasteiger partial charge < -0.3 is 25.0 Å². The number of ether oxygens (including phenoxy) is 2. The summed E-state index contributed by atoms with van der Waals surface area (Å²) < 4.78 is 77.5. The highest BCUT2D eigenvalue weighted by atomic mass is 32.2. The van der Waals surface area contributed by atoms with Gasteiger partial charge in [0, 0.05) is 57.1 Å². The van der Waals surface area contributed by atoms with E-state index in [-0.39, 0.29) is 60.2 Å². The van der Waals surface area contributed by atoms with Crippen LogP contribution >= 0.6 is 11.8 Å². The molecule has 5 heterocycles. The van der Waals surface area contributed by atoms with Gasteiger partial charge in [-0.3, -0.25) is 20.2 Å². The summed E-state index contributed by atoms with van der Waals surface area (Å²) in [4.78, 5) is 28.6. The number of piperidine rings is 2. The number of alkyl halides is 5. The van der Waals surface area contributed by atoms with Crippen LogP contribution in [0.3, 0.4) is 0 Å². The number of thioether (sulfide) groups is 1. The van der Waals surface area contributed by atoms with Gasteiger partial charge in [-0.1, -0.05) is 0 Å². The van der Waals surface area contributed by atoms with Crippen LogP contribution in [-0.2, 0) is 19.1 Å². The molecule has 5 saturated heterocycles. The van der Waals surface area contributed by atoms with E-state index in [1.54, 1.807) is 4.90 Å². The highest BCUT2D eigenvalue weighted by molar-refractivity contribution is 8.00. The van der Waals surface area contributed by atoms with Crippen LogP contribution in [0, 0.1) is 23.7 Å². The number of nitrogens with zero attached hydrogens (tertiary/aromatic N) is 1. The molecular weight excluding hydrogens is 601 g/mol. The van der Waals surface area contributed by atoms with E-state index in [9.17, 15) is 31.5 Å². The molecule has 5 aliphatic rings. The van der Waals surface area contributed by atoms with Crippen LogP contribution in [-0.4, -0.2) is 111 Å². The normalized spacial score (nSPS) is 42.2. The standard InChI is InChI=1S/C26H42F5N7O4S/c1-11-6-13(14-7-16(20(27)28)36-37-23(14)42-3)15(8-32-11)21(39)35-25-33-17-9-38(10-18(17)43-25)24(40)12-4-5-19(26(29,30)31)34-22(12)41-2/h11-20,22-23,25,32-34,36-37H,4-10H2,1-3H3,(H,35,39). The first-order valence-electron chi connectivity index (χ1n) is 14.8. The van der Waals surface area contributed by atoms with E-state index < -0.39 is 54.5 Å². The lowest BCUT2D eigenvalue weighted by Crippen LogP contribution is -2.63. The van der Waals surface area contributed by atoms with E-state index in [4.69, 9.17) is 9.47 Å². The van der Waals surface area contributed by atoms with E-state index in [1.807, 2.05) is 6.92 Å². The molecule has 17 heteroatoms. The van der Waals surface area contributed by atoms with Gasteiger partial charge >= 0.3 is 6.18 Å². The van der Waals surface area contributed by atoms with Crippen LogP contribution in [0.15, 0.2) is 0 Å². The number of hydrogen-bond acceptors (Lipinski definition) is 10. The van der Waals surface area contributed by atoms with E-state index in [1.165, 1.54) is 26.0 Å². The SMILES string of the molecule is COC1NC(C(F)(F)F)CCC1C(=O)N1CC2NC(NC(=O)C3CNC(C)CC3C3CC(C(F)F)NNC3OC)SC2C1. The zero-order valence-corrected chi connectivity index (χ0v) is 25.2. The summed E-state index contributed by atoms with van der Waals surface area (Å²) in [5, 5.41) is 12.2. The van der Waals surface area contributed by atoms with Gasteiger partial charge in [-0.05, 0) is 38.5 Å². The second-order valence-electron chi connectivity index (χ2n) is 12.3. The minimum Gasteiger partial charge on any atom is -0.366 e. The third-order valence-corrected chi connectivity index (χ3v) is 10.9. The van der Waals surface area contributed by atoms with Crippen molar-refractivity contribution in [2.45, 2.75) is 92.6 Å². The van der Waals surface area contributed by atoms with Gasteiger partial charge in [-0.25, -0.2) is 19.6 Å². The van der Waals surface area contributed by atoms with Crippen LogP contribution in [0.5, 0.6) is 0 Å². The molecule has 0 aromatic rings. The number of nitrogens with one attached hydrogen (secondary N) is 6. The van der Waals surface area contributed by atoms with Gasteiger partial charge in [0.1, 0.15) is 24.0 Å². The summed E-state index contributed by atoms with van der Waals surface area (Å²) in [5.41, 5.74) is 5.10. The topological polar surface area (TPSA) is 128 Å². The van der Waals surface area contributed by atoms with E-state index >= 15 is 0 Å². The predicted molar refractivity (Wildman–Crippen MR) is 147 cm³/mol. The Labute approximate surface area is 251 Å². The molecular formula is C26H42F5N7O4S. The van der Waals surface area contributed by atoms with Crippen molar-refractivity contribution in [1.29, 1.82) is 0 Å². The maximum atomic E-state index is 13.6. The lowest BCUT2D eigenvalue weighted by atomic mass is 9.71. The second kappa shape index (κ2) is 13.6. The third kappa shape index (κ3) is 7.23. The summed E-state index contributed by atoms with van der Waals surface area (Å²) >= 11 is 1.50. The number of likely N-dealkylation sites (tertiary alicyclic amines) is 1. The molecule has 0 spiro atoms. The van der Waals surface area contributed by atoms with Gasteiger partial charge in [-0.15, -0.1) is 11.8 Å². The molecule has 2 amide bonds. The number of hydrogen-bond donors (Lipinski definition) is 6. The zero-order valence-electron chi connectivity index (χ0n) is 24.3. The lowest BCUT2D eigenvalue weighted by molar-refractivity contribution is -0.183. The van der Waals surface area contributed by atoms with Crippen molar-refractivity contribution in [3.05, 3.63) is 0 Å². The fourth-order valence-corrected chi connectivity index (χ4v) is 8.72. The first kappa shape index (κ1) is 33.0. The average molecular weight is 644 g/mol. The molecule has 246 valence electrons. The zero-order chi connectivity index (χ0) is 31.1. The molecule has 5 aliphatic heterocycles. The minimum atomic E-state index is -4.41. The van der Waals surface area contributed by atoms with Crippen molar-refractivity contribution in [3.8, 4) is 0 Å². The van der Waals surface area contributed by atoms with Crippen LogP contribution in [0.2, 0.25) is 0 Å². The number of rotatable bonds is 7. The van der Waals surface area contributed by atoms with Crippen molar-refractivity contribution in [2.24, 2.45) is 23.7 Å². The Kier molecular flexibility index (Phi) is 10.4. The molecule has 0 saturated carbocycles. The molecule has 0 aliphatic carbocycles. The van der Waals surface area contributed by atoms with Crippen molar-refractivity contribution < 1.29 is 41.0 Å². The minimum absolute atomic E-state index is 0.00620. The van der Waals surface area contributed by atoms with Gasteiger partial charge in [0.25, 0.3) is 6.43 Å². The molecule has 5 rings (SSSR count). The smallest absolute Gasteiger partial charge is 0.366 e. The van der Waals surface area contributed by atoms with Crippen molar-refractivity contribution in [1.82, 2.24) is 37.0 Å². The molecule has 0 aromatic carbocycles. The quantitative estimate of drug-likeness (QED) is 0.219. The van der Waals surface area contributed by atoms with Crippen LogP contribution in [0.4, 0.5) is 22.0 Å². The van der Waals surface area contributed by atoms with E-state index in [2.05, 4.69) is 32.1 Å². The van der Waals surface area contributed by atoms with Gasteiger partial charge in [0.05, 0.1) is 17.9 Å². The van der Waals surface area contributed by atoms with Gasteiger partial charge in [0.15, 0.2) is 0 Å². The van der Waals surface area contributed by atoms with Crippen LogP contribution < -0.4 is 32.1 Å². The number of carbonyl (C=O) groups excluding carboxylic acids is 2. The number of halogens is 5. The largest absolute Gasteiger partial charge is 0.403 e. The number of hydrazine groups is 1. The van der Waals surface area contributed by atoms with Crippen molar-refractivity contribution in [2.75, 3.05) is 33.9 Å². The molecule has 43 heavy (non-hydrogen) atoms. The van der Waals surface area contributed by atoms with Crippen LogP contribution in [0.25, 0.3) is 0 Å². The van der Waals surface area contributed by atoms with Gasteiger partial charge in [0.2, 0.25) is 11.8 Å². The maximum absolute atomic E-state index is 13.6. The number of amides is 2. The number of carbonyl (C=O) groups is 2. The molecule has 12 unspecified atom stereocenters. The Morgan fingerprint density at radius 2 is 1.72 bits per heavy atom. The van der Waals surface area contributed by atoms with E-state index in [0.29, 0.717) is 26.1 Å². The lowest BCUT2D eigenvalue weighted by Gasteiger charge is -2.46. The first-order valence-corrected chi connectivity index (χ1v) is 15.8. The first-order chi connectivity index (χ1) is 20.4. The van der Waals surface area contributed by atoms with Crippen molar-refractivity contribution in [3.63, 3.8) is 0 Å². The summed E-state index contributed by atoms with van der Waals surface area (Å²) in [6.45, 7) is 3.20. The Balaban J connectivity index is 1.16. The Morgan fingerprint density at radius 3 is 2.37 bits per heavy atom. The molecule has 12 atom stereocenters. The molecule has 0 aromatic heterocycles. The molecule has 5 fully saturated rings. The molecule has 6 N–H and O–H groups in total. The fraction of sp³-hybridized carbons (Fsp3) is 0.923. The van der Waals surface area contributed by atoms with Crippen molar-refractivity contribution >= 4 is 23.6 Å². The predicted octanol–water partition coefficient (Wildman–Crippen LogP) is 0.540. The Bertz CT molecular complexity index is 988. The summed E-state index contributed by atoms with van der Waals surface area (Å²) in [6.07, 6.45) is -7.82. The average Bonchev–Trinajstić information content (AvgIpc) is 3.54. The Morgan fingerprint density at radius 1 is 0.977 bits per heavy atom. The van der Waals surface area contributed by atoms with E-state index in [0.717, 1.165) is 0 Å². The Hall–Kier alpha value is -1.34. The molecule has 0 radical (unpaired) electrons. The van der Waals surface area contributed by atoms with Crippen LogP contribution in [0.1, 0.15) is 32.6 Å². The molecule has 0 bridgehead atoms. The third-order valence-electron chi connectivity index (χ3n) is 9.59. The summed E-state index contributed by atoms with van der Waals surface area (Å²) in [6, 6.07) is -2.74. The maximum Gasteiger partial charge on any atom is 0.403 e. The highest BCUT2D eigenvalue weighted by Gasteiger charge is 2.51. The monoisotopic (exact) mass is 643 g/mol. The number of methoxy groups -OCH3 is 2. The molecule has 11 nitrogen and oxygen atoms in total. The number of fused-ring (bicyclic) bond motifs is 1. The fourth-order valence-electron chi connectivity index (χ4n) is 7.31. The highest BCUT2D eigenvalue weighted by Crippen LogP contribution is 2.39. The summed E-state index contributed by atoms with van der Waals surface area (Å²) in [5.74, 6) is -2.08. The van der Waals surface area contributed by atoms with Gasteiger partial charge in [-0.2, -0.15) is 13.2 Å². The second-order valence-corrected chi connectivity index (χ2v) is 13.6. The summed E-state index contributed by atoms with van der Waals surface area (Å²) in [7, 11) is 2.81.